The Morgan fingerprint density at radius 1 is 0.432 bits per heavy atom. The number of anilines is 3. The largest absolute Gasteiger partial charge is 0.310 e. The van der Waals surface area contributed by atoms with E-state index in [0.717, 1.165) is 0 Å². The Morgan fingerprint density at radius 2 is 0.946 bits per heavy atom. The lowest BCUT2D eigenvalue weighted by atomic mass is 9.79. The summed E-state index contributed by atoms with van der Waals surface area (Å²) in [5.74, 6) is 0. The summed E-state index contributed by atoms with van der Waals surface area (Å²) in [7, 11) is 0. The van der Waals surface area contributed by atoms with Crippen LogP contribution in [0.1, 0.15) is 49.9 Å². The van der Waals surface area contributed by atoms with Crippen LogP contribution in [0.25, 0.3) is 22.3 Å². The third-order valence-electron chi connectivity index (χ3n) is 8.62. The molecule has 0 aromatic heterocycles. The Hall–Kier alpha value is -4.10. The van der Waals surface area contributed by atoms with Crippen molar-refractivity contribution in [2.45, 2.75) is 38.5 Å². The van der Waals surface area contributed by atoms with Crippen LogP contribution >= 0.6 is 0 Å². The number of rotatable bonds is 3. The molecule has 0 atom stereocenters. The topological polar surface area (TPSA) is 3.24 Å². The zero-order chi connectivity index (χ0) is 25.4. The van der Waals surface area contributed by atoms with E-state index in [9.17, 15) is 0 Å². The van der Waals surface area contributed by atoms with Gasteiger partial charge in [0.2, 0.25) is 0 Å². The van der Waals surface area contributed by atoms with Crippen molar-refractivity contribution in [3.8, 4) is 22.3 Å². The summed E-state index contributed by atoms with van der Waals surface area (Å²) in [5, 5.41) is 0. The molecule has 0 bridgehead atoms. The highest BCUT2D eigenvalue weighted by Crippen LogP contribution is 2.58. The van der Waals surface area contributed by atoms with Gasteiger partial charge in [0.15, 0.2) is 0 Å². The molecule has 0 fully saturated rings. The minimum Gasteiger partial charge on any atom is -0.310 e. The van der Waals surface area contributed by atoms with Crippen LogP contribution in [0.4, 0.5) is 17.1 Å². The second kappa shape index (κ2) is 7.70. The zero-order valence-corrected chi connectivity index (χ0v) is 21.9. The number of fused-ring (bicyclic) bond motifs is 6. The molecule has 0 aliphatic heterocycles. The molecular weight excluding hydrogens is 446 g/mol. The standard InChI is InChI=1S/C36H31N/c1-35(2)30-20-12-11-18-26(30)28-22-32-29(23-31(28)35)27-19-13-21-33(34(27)36(32,3)4)37(24-14-7-5-8-15-24)25-16-9-6-10-17-25/h5-23H,1-4H3. The first-order valence-electron chi connectivity index (χ1n) is 13.2. The fraction of sp³-hybridized carbons (Fsp3) is 0.167. The van der Waals surface area contributed by atoms with Gasteiger partial charge in [-0.2, -0.15) is 0 Å². The van der Waals surface area contributed by atoms with Gasteiger partial charge in [0.1, 0.15) is 0 Å². The predicted octanol–water partition coefficient (Wildman–Crippen LogP) is 9.77. The second-order valence-electron chi connectivity index (χ2n) is 11.4. The number of hydrogen-bond donors (Lipinski definition) is 0. The Balaban J connectivity index is 1.48. The molecule has 1 heteroatoms. The number of para-hydroxylation sites is 2. The molecule has 2 aliphatic rings. The van der Waals surface area contributed by atoms with E-state index in [1.807, 2.05) is 0 Å². The lowest BCUT2D eigenvalue weighted by Gasteiger charge is -2.32. The minimum atomic E-state index is -0.139. The van der Waals surface area contributed by atoms with Crippen molar-refractivity contribution in [2.75, 3.05) is 4.90 Å². The van der Waals surface area contributed by atoms with Gasteiger partial charge >= 0.3 is 0 Å². The molecule has 0 N–H and O–H groups in total. The second-order valence-corrected chi connectivity index (χ2v) is 11.4. The SMILES string of the molecule is CC1(C)c2ccccc2-c2cc3c(cc21)-c1cccc(N(c2ccccc2)c2ccccc2)c1C3(C)C. The van der Waals surface area contributed by atoms with Gasteiger partial charge in [-0.25, -0.2) is 0 Å². The van der Waals surface area contributed by atoms with Crippen LogP contribution < -0.4 is 4.90 Å². The molecule has 5 aromatic carbocycles. The van der Waals surface area contributed by atoms with Crippen LogP contribution in [0.5, 0.6) is 0 Å². The van der Waals surface area contributed by atoms with E-state index in [2.05, 4.69) is 148 Å². The lowest BCUT2D eigenvalue weighted by molar-refractivity contribution is 0.652. The molecule has 0 spiro atoms. The molecule has 1 nitrogen and oxygen atoms in total. The van der Waals surface area contributed by atoms with Gasteiger partial charge in [0.25, 0.3) is 0 Å². The third kappa shape index (κ3) is 3.04. The maximum absolute atomic E-state index is 2.50. The maximum atomic E-state index is 2.50. The summed E-state index contributed by atoms with van der Waals surface area (Å²) < 4.78 is 0. The average Bonchev–Trinajstić information content (AvgIpc) is 3.29. The minimum absolute atomic E-state index is 0.00836. The molecule has 37 heavy (non-hydrogen) atoms. The molecule has 0 radical (unpaired) electrons. The highest BCUT2D eigenvalue weighted by Gasteiger charge is 2.43. The third-order valence-corrected chi connectivity index (χ3v) is 8.62. The highest BCUT2D eigenvalue weighted by molar-refractivity contribution is 5.94. The Kier molecular flexibility index (Phi) is 4.60. The fourth-order valence-electron chi connectivity index (χ4n) is 6.81. The van der Waals surface area contributed by atoms with Crippen LogP contribution in [0.15, 0.2) is 115 Å². The summed E-state index contributed by atoms with van der Waals surface area (Å²) in [6.45, 7) is 9.53. The van der Waals surface area contributed by atoms with Crippen LogP contribution in [-0.4, -0.2) is 0 Å². The van der Waals surface area contributed by atoms with Crippen LogP contribution in [-0.2, 0) is 10.8 Å². The maximum Gasteiger partial charge on any atom is 0.0508 e. The van der Waals surface area contributed by atoms with Crippen LogP contribution in [0.2, 0.25) is 0 Å². The van der Waals surface area contributed by atoms with Gasteiger partial charge in [0, 0.05) is 22.2 Å². The van der Waals surface area contributed by atoms with Crippen molar-refractivity contribution in [3.05, 3.63) is 138 Å². The van der Waals surface area contributed by atoms with Crippen molar-refractivity contribution in [2.24, 2.45) is 0 Å². The van der Waals surface area contributed by atoms with Crippen molar-refractivity contribution < 1.29 is 0 Å². The van der Waals surface area contributed by atoms with Crippen molar-refractivity contribution in [3.63, 3.8) is 0 Å². The van der Waals surface area contributed by atoms with E-state index in [-0.39, 0.29) is 10.8 Å². The molecule has 5 aromatic rings. The highest BCUT2D eigenvalue weighted by atomic mass is 15.1. The molecule has 0 saturated carbocycles. The molecule has 0 saturated heterocycles. The quantitative estimate of drug-likeness (QED) is 0.250. The fourth-order valence-corrected chi connectivity index (χ4v) is 6.81. The molecule has 0 amide bonds. The molecule has 0 heterocycles. The summed E-state index contributed by atoms with van der Waals surface area (Å²) in [4.78, 5) is 2.42. The monoisotopic (exact) mass is 477 g/mol. The van der Waals surface area contributed by atoms with E-state index in [1.54, 1.807) is 0 Å². The lowest BCUT2D eigenvalue weighted by Crippen LogP contribution is -2.21. The van der Waals surface area contributed by atoms with Crippen molar-refractivity contribution in [1.82, 2.24) is 0 Å². The van der Waals surface area contributed by atoms with Gasteiger partial charge < -0.3 is 4.90 Å². The Labute approximate surface area is 220 Å². The molecule has 0 unspecified atom stereocenters. The normalized spacial score (nSPS) is 15.5. The number of nitrogens with zero attached hydrogens (tertiary/aromatic N) is 1. The average molecular weight is 478 g/mol. The van der Waals surface area contributed by atoms with E-state index in [1.165, 1.54) is 61.6 Å². The zero-order valence-electron chi connectivity index (χ0n) is 21.9. The van der Waals surface area contributed by atoms with Gasteiger partial charge in [-0.1, -0.05) is 100 Å². The Bertz CT molecular complexity index is 1620. The Morgan fingerprint density at radius 3 is 1.59 bits per heavy atom. The van der Waals surface area contributed by atoms with Gasteiger partial charge in [0.05, 0.1) is 5.69 Å². The smallest absolute Gasteiger partial charge is 0.0508 e. The summed E-state index contributed by atoms with van der Waals surface area (Å²) in [6.07, 6.45) is 0. The van der Waals surface area contributed by atoms with Gasteiger partial charge in [-0.05, 0) is 87.0 Å². The van der Waals surface area contributed by atoms with Crippen molar-refractivity contribution >= 4 is 17.1 Å². The predicted molar refractivity (Wildman–Crippen MR) is 156 cm³/mol. The molecule has 180 valence electrons. The molecule has 7 rings (SSSR count). The first kappa shape index (κ1) is 22.1. The molecular formula is C36H31N. The summed E-state index contributed by atoms with van der Waals surface area (Å²) >= 11 is 0. The first-order valence-corrected chi connectivity index (χ1v) is 13.2. The van der Waals surface area contributed by atoms with E-state index < -0.39 is 0 Å². The van der Waals surface area contributed by atoms with Crippen molar-refractivity contribution in [1.29, 1.82) is 0 Å². The van der Waals surface area contributed by atoms with Gasteiger partial charge in [-0.3, -0.25) is 0 Å². The van der Waals surface area contributed by atoms with Crippen LogP contribution in [0.3, 0.4) is 0 Å². The number of hydrogen-bond acceptors (Lipinski definition) is 1. The summed E-state index contributed by atoms with van der Waals surface area (Å²) in [5.41, 5.74) is 14.6. The van der Waals surface area contributed by atoms with Gasteiger partial charge in [-0.15, -0.1) is 0 Å². The van der Waals surface area contributed by atoms with E-state index in [4.69, 9.17) is 0 Å². The summed E-state index contributed by atoms with van der Waals surface area (Å²) in [6, 6.07) is 42.3. The number of benzene rings is 5. The van der Waals surface area contributed by atoms with E-state index in [0.29, 0.717) is 0 Å². The molecule has 2 aliphatic carbocycles. The van der Waals surface area contributed by atoms with E-state index >= 15 is 0 Å². The first-order chi connectivity index (χ1) is 17.9. The van der Waals surface area contributed by atoms with Crippen LogP contribution in [0, 0.1) is 0 Å².